The van der Waals surface area contributed by atoms with Crippen LogP contribution in [0, 0.1) is 5.92 Å². The lowest BCUT2D eigenvalue weighted by molar-refractivity contribution is -0.119. The van der Waals surface area contributed by atoms with Crippen LogP contribution in [-0.4, -0.2) is 32.5 Å². The molecular weight excluding hydrogens is 300 g/mol. The molecule has 2 aromatic heterocycles. The Bertz CT molecular complexity index is 627. The summed E-state index contributed by atoms with van der Waals surface area (Å²) >= 11 is 1.68. The van der Waals surface area contributed by atoms with Gasteiger partial charge in [-0.1, -0.05) is 5.16 Å². The molecule has 6 nitrogen and oxygen atoms in total. The largest absolute Gasteiger partial charge is 0.344 e. The maximum absolute atomic E-state index is 11.9. The predicted molar refractivity (Wildman–Crippen MR) is 84.1 cm³/mol. The van der Waals surface area contributed by atoms with Crippen molar-refractivity contribution in [2.24, 2.45) is 5.92 Å². The normalized spacial score (nSPS) is 15.5. The molecule has 2 heterocycles. The van der Waals surface area contributed by atoms with Crippen molar-refractivity contribution >= 4 is 17.7 Å². The lowest BCUT2D eigenvalue weighted by Gasteiger charge is -2.09. The van der Waals surface area contributed by atoms with Crippen molar-refractivity contribution in [3.63, 3.8) is 0 Å². The number of rotatable bonds is 7. The lowest BCUT2D eigenvalue weighted by atomic mass is 10.3. The highest BCUT2D eigenvalue weighted by atomic mass is 32.2. The van der Waals surface area contributed by atoms with Crippen LogP contribution in [0.15, 0.2) is 29.0 Å². The molecule has 2 aromatic rings. The Labute approximate surface area is 133 Å². The monoisotopic (exact) mass is 318 g/mol. The predicted octanol–water partition coefficient (Wildman–Crippen LogP) is 2.45. The number of hydrogen-bond donors (Lipinski definition) is 1. The molecule has 0 spiro atoms. The van der Waals surface area contributed by atoms with E-state index in [2.05, 4.69) is 20.4 Å². The van der Waals surface area contributed by atoms with E-state index in [1.54, 1.807) is 24.2 Å². The Morgan fingerprint density at radius 3 is 3.14 bits per heavy atom. The first-order valence-corrected chi connectivity index (χ1v) is 8.49. The van der Waals surface area contributed by atoms with Crippen molar-refractivity contribution in [1.29, 1.82) is 0 Å². The van der Waals surface area contributed by atoms with Crippen LogP contribution in [0.1, 0.15) is 31.7 Å². The number of pyridine rings is 1. The molecule has 0 saturated heterocycles. The summed E-state index contributed by atoms with van der Waals surface area (Å²) in [5.74, 6) is 3.26. The van der Waals surface area contributed by atoms with E-state index in [9.17, 15) is 4.79 Å². The zero-order valence-corrected chi connectivity index (χ0v) is 13.2. The third-order valence-electron chi connectivity index (χ3n) is 3.39. The van der Waals surface area contributed by atoms with Crippen LogP contribution in [0.2, 0.25) is 0 Å². The first kappa shape index (κ1) is 15.0. The summed E-state index contributed by atoms with van der Waals surface area (Å²) in [5, 5.41) is 6.81. The first-order valence-electron chi connectivity index (χ1n) is 7.33. The van der Waals surface area contributed by atoms with Crippen molar-refractivity contribution in [2.45, 2.75) is 25.8 Å². The summed E-state index contributed by atoms with van der Waals surface area (Å²) < 4.78 is 5.22. The topological polar surface area (TPSA) is 80.9 Å². The van der Waals surface area contributed by atoms with Crippen LogP contribution in [0.25, 0.3) is 11.4 Å². The van der Waals surface area contributed by atoms with E-state index in [1.807, 2.05) is 19.1 Å². The maximum atomic E-state index is 11.9. The van der Waals surface area contributed by atoms with Gasteiger partial charge in [-0.05, 0) is 43.6 Å². The second-order valence-electron chi connectivity index (χ2n) is 5.45. The minimum absolute atomic E-state index is 0.000669. The van der Waals surface area contributed by atoms with Crippen molar-refractivity contribution < 1.29 is 9.32 Å². The van der Waals surface area contributed by atoms with Gasteiger partial charge in [0, 0.05) is 18.0 Å². The highest BCUT2D eigenvalue weighted by molar-refractivity contribution is 7.99. The van der Waals surface area contributed by atoms with Gasteiger partial charge in [0.2, 0.25) is 17.6 Å². The van der Waals surface area contributed by atoms with Gasteiger partial charge in [-0.25, -0.2) is 0 Å². The SMILES string of the molecule is C[C@@H](NC(=O)CSCC1CC1)c1nc(-c2cccnc2)no1. The molecule has 0 aliphatic heterocycles. The molecule has 0 radical (unpaired) electrons. The fraction of sp³-hybridized carbons (Fsp3) is 0.467. The summed E-state index contributed by atoms with van der Waals surface area (Å²) in [4.78, 5) is 20.2. The molecule has 1 amide bonds. The Morgan fingerprint density at radius 2 is 2.41 bits per heavy atom. The van der Waals surface area contributed by atoms with E-state index < -0.39 is 0 Å². The summed E-state index contributed by atoms with van der Waals surface area (Å²) in [6.07, 6.45) is 5.98. The van der Waals surface area contributed by atoms with Crippen LogP contribution >= 0.6 is 11.8 Å². The molecule has 0 aromatic carbocycles. The summed E-state index contributed by atoms with van der Waals surface area (Å²) in [5.41, 5.74) is 0.788. The number of nitrogens with zero attached hydrogens (tertiary/aromatic N) is 3. The van der Waals surface area contributed by atoms with Crippen molar-refractivity contribution in [2.75, 3.05) is 11.5 Å². The number of thioether (sulfide) groups is 1. The van der Waals surface area contributed by atoms with Crippen LogP contribution < -0.4 is 5.32 Å². The fourth-order valence-electron chi connectivity index (χ4n) is 1.97. The van der Waals surface area contributed by atoms with Gasteiger partial charge in [0.1, 0.15) is 6.04 Å². The molecule has 1 N–H and O–H groups in total. The molecule has 22 heavy (non-hydrogen) atoms. The second kappa shape index (κ2) is 6.91. The summed E-state index contributed by atoms with van der Waals surface area (Å²) in [6, 6.07) is 3.37. The minimum Gasteiger partial charge on any atom is -0.344 e. The van der Waals surface area contributed by atoms with Crippen LogP contribution in [-0.2, 0) is 4.79 Å². The Balaban J connectivity index is 1.52. The lowest BCUT2D eigenvalue weighted by Crippen LogP contribution is -2.28. The zero-order chi connectivity index (χ0) is 15.4. The Kier molecular flexibility index (Phi) is 4.72. The zero-order valence-electron chi connectivity index (χ0n) is 12.4. The average Bonchev–Trinajstić information content (AvgIpc) is 3.21. The van der Waals surface area contributed by atoms with Gasteiger partial charge in [0.05, 0.1) is 5.75 Å². The molecule has 7 heteroatoms. The van der Waals surface area contributed by atoms with Crippen molar-refractivity contribution in [1.82, 2.24) is 20.4 Å². The number of aromatic nitrogens is 3. The summed E-state index contributed by atoms with van der Waals surface area (Å²) in [7, 11) is 0. The van der Waals surface area contributed by atoms with E-state index in [1.165, 1.54) is 12.8 Å². The van der Waals surface area contributed by atoms with Gasteiger partial charge in [-0.2, -0.15) is 16.7 Å². The standard InChI is InChI=1S/C15H18N4O2S/c1-10(17-13(20)9-22-8-11-4-5-11)15-18-14(19-21-15)12-3-2-6-16-7-12/h2-3,6-7,10-11H,4-5,8-9H2,1H3,(H,17,20)/t10-/m1/s1. The maximum Gasteiger partial charge on any atom is 0.249 e. The van der Waals surface area contributed by atoms with E-state index in [0.717, 1.165) is 17.2 Å². The number of hydrogen-bond acceptors (Lipinski definition) is 6. The van der Waals surface area contributed by atoms with E-state index in [0.29, 0.717) is 17.5 Å². The third kappa shape index (κ3) is 4.07. The van der Waals surface area contributed by atoms with Gasteiger partial charge >= 0.3 is 0 Å². The highest BCUT2D eigenvalue weighted by Crippen LogP contribution is 2.32. The fourth-order valence-corrected chi connectivity index (χ4v) is 3.02. The van der Waals surface area contributed by atoms with Gasteiger partial charge in [-0.15, -0.1) is 0 Å². The quantitative estimate of drug-likeness (QED) is 0.844. The van der Waals surface area contributed by atoms with Gasteiger partial charge < -0.3 is 9.84 Å². The minimum atomic E-state index is -0.299. The molecule has 0 unspecified atom stereocenters. The molecule has 1 atom stereocenters. The number of amides is 1. The Hall–Kier alpha value is -1.89. The molecule has 1 saturated carbocycles. The number of carbonyl (C=O) groups is 1. The van der Waals surface area contributed by atoms with E-state index in [4.69, 9.17) is 4.52 Å². The molecule has 3 rings (SSSR count). The van der Waals surface area contributed by atoms with Crippen LogP contribution in [0.4, 0.5) is 0 Å². The van der Waals surface area contributed by atoms with E-state index in [-0.39, 0.29) is 11.9 Å². The van der Waals surface area contributed by atoms with Gasteiger partial charge in [-0.3, -0.25) is 9.78 Å². The average molecular weight is 318 g/mol. The molecular formula is C15H18N4O2S. The van der Waals surface area contributed by atoms with Crippen molar-refractivity contribution in [3.05, 3.63) is 30.4 Å². The third-order valence-corrected chi connectivity index (χ3v) is 4.57. The van der Waals surface area contributed by atoms with Crippen LogP contribution in [0.5, 0.6) is 0 Å². The smallest absolute Gasteiger partial charge is 0.249 e. The molecule has 1 aliphatic rings. The Morgan fingerprint density at radius 1 is 1.55 bits per heavy atom. The van der Waals surface area contributed by atoms with Crippen LogP contribution in [0.3, 0.4) is 0 Å². The van der Waals surface area contributed by atoms with Crippen molar-refractivity contribution in [3.8, 4) is 11.4 Å². The number of carbonyl (C=O) groups excluding carboxylic acids is 1. The molecule has 116 valence electrons. The second-order valence-corrected chi connectivity index (χ2v) is 6.48. The van der Waals surface area contributed by atoms with Gasteiger partial charge in [0.25, 0.3) is 0 Å². The molecule has 1 aliphatic carbocycles. The summed E-state index contributed by atoms with van der Waals surface area (Å²) in [6.45, 7) is 1.84. The molecule has 1 fully saturated rings. The number of nitrogens with one attached hydrogen (secondary N) is 1. The van der Waals surface area contributed by atoms with Gasteiger partial charge in [0.15, 0.2) is 0 Å². The highest BCUT2D eigenvalue weighted by Gasteiger charge is 2.22. The van der Waals surface area contributed by atoms with E-state index >= 15 is 0 Å². The molecule has 0 bridgehead atoms. The first-order chi connectivity index (χ1) is 10.7.